The average Bonchev–Trinajstić information content (AvgIpc) is 3.14. The number of aromatic nitrogens is 1. The van der Waals surface area contributed by atoms with Gasteiger partial charge in [-0.3, -0.25) is 4.79 Å². The number of rotatable bonds is 5. The molecular formula is C13H16N2O2. The maximum absolute atomic E-state index is 11.5. The topological polar surface area (TPSA) is 51.2 Å². The standard InChI is InChI=1S/C13H16N2O2/c1-3-17-9(2)11-6-7-12(14-8-11)15-13(16)10-4-5-10/h6-8,10H,2-5H2,1H3,(H,14,15,16). The van der Waals surface area contributed by atoms with Gasteiger partial charge >= 0.3 is 0 Å². The van der Waals surface area contributed by atoms with Gasteiger partial charge in [0.2, 0.25) is 5.91 Å². The van der Waals surface area contributed by atoms with Crippen LogP contribution in [0.1, 0.15) is 25.3 Å². The highest BCUT2D eigenvalue weighted by Crippen LogP contribution is 2.29. The van der Waals surface area contributed by atoms with Gasteiger partial charge in [0.1, 0.15) is 11.6 Å². The number of hydrogen-bond acceptors (Lipinski definition) is 3. The van der Waals surface area contributed by atoms with Crippen molar-refractivity contribution in [1.29, 1.82) is 0 Å². The van der Waals surface area contributed by atoms with E-state index in [0.717, 1.165) is 18.4 Å². The van der Waals surface area contributed by atoms with Crippen molar-refractivity contribution in [2.24, 2.45) is 5.92 Å². The molecule has 0 aliphatic heterocycles. The Morgan fingerprint density at radius 2 is 2.35 bits per heavy atom. The molecular weight excluding hydrogens is 216 g/mol. The Labute approximate surface area is 101 Å². The van der Waals surface area contributed by atoms with Crippen molar-refractivity contribution in [3.8, 4) is 0 Å². The van der Waals surface area contributed by atoms with E-state index in [2.05, 4.69) is 16.9 Å². The van der Waals surface area contributed by atoms with Gasteiger partial charge in [-0.25, -0.2) is 4.98 Å². The fourth-order valence-electron chi connectivity index (χ4n) is 1.46. The number of nitrogens with one attached hydrogen (secondary N) is 1. The van der Waals surface area contributed by atoms with Crippen LogP contribution in [-0.4, -0.2) is 17.5 Å². The lowest BCUT2D eigenvalue weighted by atomic mass is 10.2. The first-order valence-electron chi connectivity index (χ1n) is 5.79. The first-order chi connectivity index (χ1) is 8.20. The summed E-state index contributed by atoms with van der Waals surface area (Å²) in [6, 6.07) is 3.60. The van der Waals surface area contributed by atoms with Gasteiger partial charge in [0.25, 0.3) is 0 Å². The van der Waals surface area contributed by atoms with Crippen LogP contribution in [0, 0.1) is 5.92 Å². The first-order valence-corrected chi connectivity index (χ1v) is 5.79. The van der Waals surface area contributed by atoms with Crippen LogP contribution in [0.2, 0.25) is 0 Å². The summed E-state index contributed by atoms with van der Waals surface area (Å²) in [7, 11) is 0. The van der Waals surface area contributed by atoms with Crippen molar-refractivity contribution < 1.29 is 9.53 Å². The minimum atomic E-state index is 0.0638. The van der Waals surface area contributed by atoms with E-state index in [1.165, 1.54) is 0 Å². The number of hydrogen-bond donors (Lipinski definition) is 1. The molecule has 0 aromatic carbocycles. The maximum atomic E-state index is 11.5. The second-order valence-corrected chi connectivity index (χ2v) is 4.05. The predicted molar refractivity (Wildman–Crippen MR) is 66.3 cm³/mol. The van der Waals surface area contributed by atoms with Gasteiger partial charge in [0.15, 0.2) is 0 Å². The van der Waals surface area contributed by atoms with E-state index in [4.69, 9.17) is 4.74 Å². The number of carbonyl (C=O) groups excluding carboxylic acids is 1. The summed E-state index contributed by atoms with van der Waals surface area (Å²) >= 11 is 0. The van der Waals surface area contributed by atoms with Gasteiger partial charge in [-0.2, -0.15) is 0 Å². The molecule has 90 valence electrons. The molecule has 0 radical (unpaired) electrons. The Morgan fingerprint density at radius 3 is 2.88 bits per heavy atom. The summed E-state index contributed by atoms with van der Waals surface area (Å²) in [4.78, 5) is 15.7. The lowest BCUT2D eigenvalue weighted by Gasteiger charge is -2.07. The number of nitrogens with zero attached hydrogens (tertiary/aromatic N) is 1. The van der Waals surface area contributed by atoms with Crippen molar-refractivity contribution in [3.63, 3.8) is 0 Å². The average molecular weight is 232 g/mol. The SMILES string of the molecule is C=C(OCC)c1ccc(NC(=O)C2CC2)nc1. The van der Waals surface area contributed by atoms with Crippen LogP contribution in [0.25, 0.3) is 5.76 Å². The number of ether oxygens (including phenoxy) is 1. The van der Waals surface area contributed by atoms with E-state index >= 15 is 0 Å². The van der Waals surface area contributed by atoms with Crippen LogP contribution in [0.4, 0.5) is 5.82 Å². The van der Waals surface area contributed by atoms with Crippen LogP contribution in [0.15, 0.2) is 24.9 Å². The first kappa shape index (κ1) is 11.6. The Balaban J connectivity index is 1.97. The Morgan fingerprint density at radius 1 is 1.59 bits per heavy atom. The fraction of sp³-hybridized carbons (Fsp3) is 0.385. The molecule has 4 heteroatoms. The molecule has 4 nitrogen and oxygen atoms in total. The molecule has 2 rings (SSSR count). The normalized spacial score (nSPS) is 14.2. The Hall–Kier alpha value is -1.84. The highest BCUT2D eigenvalue weighted by molar-refractivity contribution is 5.93. The minimum Gasteiger partial charge on any atom is -0.494 e. The van der Waals surface area contributed by atoms with Crippen molar-refractivity contribution >= 4 is 17.5 Å². The van der Waals surface area contributed by atoms with Gasteiger partial charge in [-0.05, 0) is 31.9 Å². The van der Waals surface area contributed by atoms with Crippen molar-refractivity contribution in [1.82, 2.24) is 4.98 Å². The smallest absolute Gasteiger partial charge is 0.228 e. The minimum absolute atomic E-state index is 0.0638. The predicted octanol–water partition coefficient (Wildman–Crippen LogP) is 2.44. The van der Waals surface area contributed by atoms with Gasteiger partial charge in [-0.15, -0.1) is 0 Å². The van der Waals surface area contributed by atoms with Crippen molar-refractivity contribution in [3.05, 3.63) is 30.5 Å². The number of amides is 1. The quantitative estimate of drug-likeness (QED) is 0.793. The number of pyridine rings is 1. The molecule has 1 heterocycles. The van der Waals surface area contributed by atoms with Crippen molar-refractivity contribution in [2.75, 3.05) is 11.9 Å². The van der Waals surface area contributed by atoms with E-state index in [0.29, 0.717) is 18.2 Å². The molecule has 1 aliphatic carbocycles. The lowest BCUT2D eigenvalue weighted by Crippen LogP contribution is -2.14. The van der Waals surface area contributed by atoms with E-state index < -0.39 is 0 Å². The van der Waals surface area contributed by atoms with Crippen LogP contribution >= 0.6 is 0 Å². The third kappa shape index (κ3) is 3.06. The molecule has 1 aromatic heterocycles. The fourth-order valence-corrected chi connectivity index (χ4v) is 1.46. The summed E-state index contributed by atoms with van der Waals surface area (Å²) < 4.78 is 5.28. The largest absolute Gasteiger partial charge is 0.494 e. The van der Waals surface area contributed by atoms with E-state index in [9.17, 15) is 4.79 Å². The molecule has 1 aliphatic rings. The summed E-state index contributed by atoms with van der Waals surface area (Å²) in [5.41, 5.74) is 0.830. The number of anilines is 1. The molecule has 1 aromatic rings. The van der Waals surface area contributed by atoms with E-state index in [1.807, 2.05) is 13.0 Å². The van der Waals surface area contributed by atoms with Crippen LogP contribution in [0.3, 0.4) is 0 Å². The van der Waals surface area contributed by atoms with E-state index in [1.54, 1.807) is 12.3 Å². The van der Waals surface area contributed by atoms with Crippen LogP contribution in [0.5, 0.6) is 0 Å². The molecule has 1 fully saturated rings. The van der Waals surface area contributed by atoms with Gasteiger partial charge < -0.3 is 10.1 Å². The van der Waals surface area contributed by atoms with E-state index in [-0.39, 0.29) is 11.8 Å². The molecule has 0 spiro atoms. The third-order valence-corrected chi connectivity index (χ3v) is 2.60. The third-order valence-electron chi connectivity index (χ3n) is 2.60. The second-order valence-electron chi connectivity index (χ2n) is 4.05. The Kier molecular flexibility index (Phi) is 3.42. The monoisotopic (exact) mass is 232 g/mol. The zero-order valence-electron chi connectivity index (χ0n) is 9.90. The summed E-state index contributed by atoms with van der Waals surface area (Å²) in [5.74, 6) is 1.43. The van der Waals surface area contributed by atoms with Crippen molar-refractivity contribution in [2.45, 2.75) is 19.8 Å². The van der Waals surface area contributed by atoms with Crippen LogP contribution in [-0.2, 0) is 9.53 Å². The highest BCUT2D eigenvalue weighted by atomic mass is 16.5. The second kappa shape index (κ2) is 4.99. The van der Waals surface area contributed by atoms with Gasteiger partial charge in [0.05, 0.1) is 6.61 Å². The molecule has 0 unspecified atom stereocenters. The maximum Gasteiger partial charge on any atom is 0.228 e. The summed E-state index contributed by atoms with van der Waals surface area (Å²) in [6.45, 7) is 6.28. The zero-order valence-corrected chi connectivity index (χ0v) is 9.90. The molecule has 0 atom stereocenters. The molecule has 0 bridgehead atoms. The molecule has 0 saturated heterocycles. The van der Waals surface area contributed by atoms with Crippen LogP contribution < -0.4 is 5.32 Å². The number of carbonyl (C=O) groups is 1. The van der Waals surface area contributed by atoms with Gasteiger partial charge in [0, 0.05) is 17.7 Å². The summed E-state index contributed by atoms with van der Waals surface area (Å²) in [5, 5.41) is 2.78. The Bertz CT molecular complexity index is 422. The molecule has 17 heavy (non-hydrogen) atoms. The molecule has 1 amide bonds. The highest BCUT2D eigenvalue weighted by Gasteiger charge is 2.29. The zero-order chi connectivity index (χ0) is 12.3. The molecule has 1 saturated carbocycles. The molecule has 1 N–H and O–H groups in total. The lowest BCUT2D eigenvalue weighted by molar-refractivity contribution is -0.117. The van der Waals surface area contributed by atoms with Gasteiger partial charge in [-0.1, -0.05) is 6.58 Å². The summed E-state index contributed by atoms with van der Waals surface area (Å²) in [6.07, 6.45) is 3.64.